The summed E-state index contributed by atoms with van der Waals surface area (Å²) in [5, 5.41) is 3.83. The Bertz CT molecular complexity index is 215. The van der Waals surface area contributed by atoms with Crippen LogP contribution in [0.2, 0.25) is 0 Å². The molecule has 0 amide bonds. The normalized spacial score (nSPS) is 25.6. The number of ether oxygens (including phenoxy) is 1. The van der Waals surface area contributed by atoms with Gasteiger partial charge in [-0.3, -0.25) is 0 Å². The molecule has 2 fully saturated rings. The Hall–Kier alpha value is -0.0800. The molecule has 2 heteroatoms. The molecule has 1 aliphatic heterocycles. The molecule has 1 saturated carbocycles. The molecule has 17 heavy (non-hydrogen) atoms. The van der Waals surface area contributed by atoms with E-state index in [0.29, 0.717) is 11.5 Å². The van der Waals surface area contributed by atoms with Gasteiger partial charge in [0.25, 0.3) is 0 Å². The summed E-state index contributed by atoms with van der Waals surface area (Å²) in [6.07, 6.45) is 9.60. The average Bonchev–Trinajstić information content (AvgIpc) is 2.76. The van der Waals surface area contributed by atoms with Crippen molar-refractivity contribution in [2.24, 2.45) is 11.3 Å². The standard InChI is InChI=1S/C15H29NO/c1-13(2)11-15(7-3-4-8-15)12-16-14-5-9-17-10-6-14/h13-14,16H,3-12H2,1-2H3. The largest absolute Gasteiger partial charge is 0.381 e. The van der Waals surface area contributed by atoms with Crippen molar-refractivity contribution in [2.75, 3.05) is 19.8 Å². The van der Waals surface area contributed by atoms with Gasteiger partial charge in [0.1, 0.15) is 0 Å². The van der Waals surface area contributed by atoms with Crippen LogP contribution in [0.3, 0.4) is 0 Å². The van der Waals surface area contributed by atoms with Gasteiger partial charge in [-0.1, -0.05) is 26.7 Å². The van der Waals surface area contributed by atoms with Crippen molar-refractivity contribution in [3.63, 3.8) is 0 Å². The van der Waals surface area contributed by atoms with Gasteiger partial charge < -0.3 is 10.1 Å². The van der Waals surface area contributed by atoms with Crippen LogP contribution >= 0.6 is 0 Å². The van der Waals surface area contributed by atoms with Gasteiger partial charge in [-0.2, -0.15) is 0 Å². The van der Waals surface area contributed by atoms with Crippen molar-refractivity contribution < 1.29 is 4.74 Å². The van der Waals surface area contributed by atoms with E-state index in [2.05, 4.69) is 19.2 Å². The Morgan fingerprint density at radius 3 is 2.41 bits per heavy atom. The minimum Gasteiger partial charge on any atom is -0.381 e. The molecule has 0 aromatic rings. The molecule has 2 nitrogen and oxygen atoms in total. The van der Waals surface area contributed by atoms with E-state index < -0.39 is 0 Å². The first-order valence-electron chi connectivity index (χ1n) is 7.51. The summed E-state index contributed by atoms with van der Waals surface area (Å²) in [6, 6.07) is 0.716. The first-order valence-corrected chi connectivity index (χ1v) is 7.51. The Morgan fingerprint density at radius 1 is 1.18 bits per heavy atom. The van der Waals surface area contributed by atoms with Crippen molar-refractivity contribution in [3.05, 3.63) is 0 Å². The van der Waals surface area contributed by atoms with Crippen LogP contribution in [0.1, 0.15) is 58.8 Å². The Labute approximate surface area is 107 Å². The van der Waals surface area contributed by atoms with Gasteiger partial charge in [-0.15, -0.1) is 0 Å². The van der Waals surface area contributed by atoms with Crippen molar-refractivity contribution in [1.82, 2.24) is 5.32 Å². The molecule has 0 radical (unpaired) electrons. The highest BCUT2D eigenvalue weighted by molar-refractivity contribution is 4.88. The van der Waals surface area contributed by atoms with Gasteiger partial charge in [0.2, 0.25) is 0 Å². The maximum atomic E-state index is 5.42. The van der Waals surface area contributed by atoms with E-state index in [1.165, 1.54) is 51.5 Å². The smallest absolute Gasteiger partial charge is 0.0480 e. The predicted octanol–water partition coefficient (Wildman–Crippen LogP) is 3.36. The molecule has 1 N–H and O–H groups in total. The summed E-state index contributed by atoms with van der Waals surface area (Å²) in [4.78, 5) is 0. The molecule has 1 saturated heterocycles. The molecule has 0 aromatic heterocycles. The lowest BCUT2D eigenvalue weighted by molar-refractivity contribution is 0.0728. The topological polar surface area (TPSA) is 21.3 Å². The molecule has 0 spiro atoms. The van der Waals surface area contributed by atoms with Crippen molar-refractivity contribution in [3.8, 4) is 0 Å². The van der Waals surface area contributed by atoms with Crippen LogP contribution in [0, 0.1) is 11.3 Å². The zero-order valence-corrected chi connectivity index (χ0v) is 11.6. The monoisotopic (exact) mass is 239 g/mol. The van der Waals surface area contributed by atoms with Crippen molar-refractivity contribution >= 4 is 0 Å². The highest BCUT2D eigenvalue weighted by atomic mass is 16.5. The summed E-state index contributed by atoms with van der Waals surface area (Å²) in [7, 11) is 0. The molecule has 2 aliphatic rings. The third-order valence-corrected chi connectivity index (χ3v) is 4.49. The Balaban J connectivity index is 1.80. The summed E-state index contributed by atoms with van der Waals surface area (Å²) < 4.78 is 5.42. The van der Waals surface area contributed by atoms with Gasteiger partial charge in [0, 0.05) is 25.8 Å². The van der Waals surface area contributed by atoms with Gasteiger partial charge in [0.05, 0.1) is 0 Å². The summed E-state index contributed by atoms with van der Waals surface area (Å²) >= 11 is 0. The lowest BCUT2D eigenvalue weighted by atomic mass is 9.78. The maximum Gasteiger partial charge on any atom is 0.0480 e. The predicted molar refractivity (Wildman–Crippen MR) is 72.2 cm³/mol. The second-order valence-corrected chi connectivity index (χ2v) is 6.57. The Kier molecular flexibility index (Phi) is 4.87. The molecule has 100 valence electrons. The number of hydrogen-bond donors (Lipinski definition) is 1. The zero-order chi connectivity index (χ0) is 12.1. The SMILES string of the molecule is CC(C)CC1(CNC2CCOCC2)CCCC1. The van der Waals surface area contributed by atoms with Gasteiger partial charge >= 0.3 is 0 Å². The quantitative estimate of drug-likeness (QED) is 0.794. The minimum atomic E-state index is 0.618. The average molecular weight is 239 g/mol. The highest BCUT2D eigenvalue weighted by Gasteiger charge is 2.34. The summed E-state index contributed by atoms with van der Waals surface area (Å²) in [5.74, 6) is 0.838. The lowest BCUT2D eigenvalue weighted by Gasteiger charge is -2.34. The molecule has 0 aromatic carbocycles. The van der Waals surface area contributed by atoms with Crippen LogP contribution in [0.5, 0.6) is 0 Å². The molecule has 0 unspecified atom stereocenters. The van der Waals surface area contributed by atoms with Crippen LogP contribution in [0.4, 0.5) is 0 Å². The lowest BCUT2D eigenvalue weighted by Crippen LogP contribution is -2.41. The van der Waals surface area contributed by atoms with Crippen molar-refractivity contribution in [2.45, 2.75) is 64.8 Å². The summed E-state index contributed by atoms with van der Waals surface area (Å²) in [5.41, 5.74) is 0.618. The van der Waals surface area contributed by atoms with Crippen LogP contribution in [0.15, 0.2) is 0 Å². The van der Waals surface area contributed by atoms with E-state index in [9.17, 15) is 0 Å². The first kappa shape index (κ1) is 13.4. The van der Waals surface area contributed by atoms with Gasteiger partial charge in [0.15, 0.2) is 0 Å². The third-order valence-electron chi connectivity index (χ3n) is 4.49. The molecule has 0 bridgehead atoms. The molecular weight excluding hydrogens is 210 g/mol. The number of nitrogens with one attached hydrogen (secondary N) is 1. The van der Waals surface area contributed by atoms with Gasteiger partial charge in [-0.05, 0) is 43.4 Å². The van der Waals surface area contributed by atoms with Crippen LogP contribution in [0.25, 0.3) is 0 Å². The first-order chi connectivity index (χ1) is 8.20. The number of hydrogen-bond acceptors (Lipinski definition) is 2. The van der Waals surface area contributed by atoms with E-state index in [4.69, 9.17) is 4.74 Å². The highest BCUT2D eigenvalue weighted by Crippen LogP contribution is 2.42. The van der Waals surface area contributed by atoms with Crippen LogP contribution in [-0.4, -0.2) is 25.8 Å². The summed E-state index contributed by atoms with van der Waals surface area (Å²) in [6.45, 7) is 7.89. The second-order valence-electron chi connectivity index (χ2n) is 6.57. The van der Waals surface area contributed by atoms with E-state index >= 15 is 0 Å². The molecule has 1 aliphatic carbocycles. The van der Waals surface area contributed by atoms with E-state index in [1.807, 2.05) is 0 Å². The van der Waals surface area contributed by atoms with E-state index in [0.717, 1.165) is 19.1 Å². The van der Waals surface area contributed by atoms with Crippen LogP contribution < -0.4 is 5.32 Å². The molecule has 0 atom stereocenters. The minimum absolute atomic E-state index is 0.618. The van der Waals surface area contributed by atoms with E-state index in [1.54, 1.807) is 0 Å². The number of rotatable bonds is 5. The molecular formula is C15H29NO. The Morgan fingerprint density at radius 2 is 1.82 bits per heavy atom. The van der Waals surface area contributed by atoms with Crippen molar-refractivity contribution in [1.29, 1.82) is 0 Å². The molecule has 1 heterocycles. The van der Waals surface area contributed by atoms with E-state index in [-0.39, 0.29) is 0 Å². The fourth-order valence-electron chi connectivity index (χ4n) is 3.71. The fraction of sp³-hybridized carbons (Fsp3) is 1.00. The second kappa shape index (κ2) is 6.19. The third kappa shape index (κ3) is 3.96. The van der Waals surface area contributed by atoms with Gasteiger partial charge in [-0.25, -0.2) is 0 Å². The zero-order valence-electron chi connectivity index (χ0n) is 11.6. The van der Waals surface area contributed by atoms with Crippen LogP contribution in [-0.2, 0) is 4.74 Å². The fourth-order valence-corrected chi connectivity index (χ4v) is 3.71. The maximum absolute atomic E-state index is 5.42. The molecule has 2 rings (SSSR count).